The van der Waals surface area contributed by atoms with Crippen molar-refractivity contribution in [2.24, 2.45) is 7.05 Å². The molecule has 0 saturated heterocycles. The third-order valence-electron chi connectivity index (χ3n) is 2.53. The molecule has 1 heterocycles. The van der Waals surface area contributed by atoms with Gasteiger partial charge >= 0.3 is 0 Å². The summed E-state index contributed by atoms with van der Waals surface area (Å²) in [5, 5.41) is 4.13. The lowest BCUT2D eigenvalue weighted by molar-refractivity contribution is 0.279. The molecule has 0 unspecified atom stereocenters. The molecule has 18 heavy (non-hydrogen) atoms. The van der Waals surface area contributed by atoms with E-state index in [0.717, 1.165) is 23.5 Å². The summed E-state index contributed by atoms with van der Waals surface area (Å²) in [6.07, 6.45) is 0. The molecule has 0 bridgehead atoms. The minimum atomic E-state index is -0.701. The van der Waals surface area contributed by atoms with Crippen molar-refractivity contribution in [3.05, 3.63) is 41.2 Å². The van der Waals surface area contributed by atoms with E-state index in [0.29, 0.717) is 0 Å². The second-order valence-corrected chi connectivity index (χ2v) is 3.99. The summed E-state index contributed by atoms with van der Waals surface area (Å²) in [5.41, 5.74) is 6.60. The first-order chi connectivity index (χ1) is 8.47. The first kappa shape index (κ1) is 12.3. The van der Waals surface area contributed by atoms with E-state index >= 15 is 0 Å². The van der Waals surface area contributed by atoms with Crippen LogP contribution in [0.2, 0.25) is 0 Å². The third-order valence-corrected chi connectivity index (χ3v) is 2.53. The largest absolute Gasteiger partial charge is 0.484 e. The molecule has 0 radical (unpaired) electrons. The van der Waals surface area contributed by atoms with Crippen LogP contribution in [0.1, 0.15) is 11.4 Å². The predicted octanol–water partition coefficient (Wildman–Crippen LogP) is 2.17. The molecule has 0 aliphatic carbocycles. The number of ether oxygens (including phenoxy) is 1. The first-order valence-corrected chi connectivity index (χ1v) is 5.34. The fraction of sp³-hybridized carbons (Fsp3) is 0.250. The maximum atomic E-state index is 13.4. The van der Waals surface area contributed by atoms with Crippen molar-refractivity contribution >= 4 is 5.69 Å². The smallest absolute Gasteiger partial charge is 0.167 e. The standard InChI is InChI=1S/C12H13F2N3O/c1-7-3-8(17(2)16-7)6-18-12-5-9(13)11(15)4-10(12)14/h3-5H,6,15H2,1-2H3. The molecule has 1 aromatic carbocycles. The number of nitrogens with zero attached hydrogens (tertiary/aromatic N) is 2. The Bertz CT molecular complexity index is 581. The highest BCUT2D eigenvalue weighted by Gasteiger charge is 2.10. The van der Waals surface area contributed by atoms with Crippen LogP contribution in [0.25, 0.3) is 0 Å². The molecular formula is C12H13F2N3O. The molecule has 0 aliphatic rings. The number of nitrogen functional groups attached to an aromatic ring is 1. The Morgan fingerprint density at radius 1 is 1.28 bits per heavy atom. The fourth-order valence-corrected chi connectivity index (χ4v) is 1.61. The molecule has 0 aliphatic heterocycles. The van der Waals surface area contributed by atoms with Gasteiger partial charge in [0.25, 0.3) is 0 Å². The Morgan fingerprint density at radius 3 is 2.61 bits per heavy atom. The van der Waals surface area contributed by atoms with Crippen LogP contribution in [0.5, 0.6) is 5.75 Å². The van der Waals surface area contributed by atoms with Crippen molar-refractivity contribution in [3.63, 3.8) is 0 Å². The number of aryl methyl sites for hydroxylation is 2. The van der Waals surface area contributed by atoms with Crippen LogP contribution in [-0.4, -0.2) is 9.78 Å². The van der Waals surface area contributed by atoms with Gasteiger partial charge < -0.3 is 10.5 Å². The van der Waals surface area contributed by atoms with Crippen LogP contribution >= 0.6 is 0 Å². The molecule has 0 atom stereocenters. The van der Waals surface area contributed by atoms with E-state index in [2.05, 4.69) is 5.10 Å². The van der Waals surface area contributed by atoms with Gasteiger partial charge in [-0.1, -0.05) is 0 Å². The zero-order valence-electron chi connectivity index (χ0n) is 10.1. The van der Waals surface area contributed by atoms with E-state index in [1.165, 1.54) is 0 Å². The molecule has 6 heteroatoms. The van der Waals surface area contributed by atoms with Crippen LogP contribution in [0.4, 0.5) is 14.5 Å². The average Bonchev–Trinajstić information content (AvgIpc) is 2.61. The number of nitrogens with two attached hydrogens (primary N) is 1. The Hall–Kier alpha value is -2.11. The maximum absolute atomic E-state index is 13.4. The summed E-state index contributed by atoms with van der Waals surface area (Å²) in [6.45, 7) is 1.95. The van der Waals surface area contributed by atoms with Gasteiger partial charge in [0, 0.05) is 19.2 Å². The van der Waals surface area contributed by atoms with Crippen molar-refractivity contribution in [1.29, 1.82) is 0 Å². The number of rotatable bonds is 3. The van der Waals surface area contributed by atoms with Crippen molar-refractivity contribution in [2.75, 3.05) is 5.73 Å². The van der Waals surface area contributed by atoms with E-state index in [-0.39, 0.29) is 18.0 Å². The Morgan fingerprint density at radius 2 is 2.00 bits per heavy atom. The molecule has 0 saturated carbocycles. The summed E-state index contributed by atoms with van der Waals surface area (Å²) in [7, 11) is 1.76. The average molecular weight is 253 g/mol. The maximum Gasteiger partial charge on any atom is 0.167 e. The van der Waals surface area contributed by atoms with Gasteiger partial charge in [-0.3, -0.25) is 4.68 Å². The van der Waals surface area contributed by atoms with Crippen molar-refractivity contribution < 1.29 is 13.5 Å². The van der Waals surface area contributed by atoms with E-state index in [1.807, 2.05) is 13.0 Å². The highest BCUT2D eigenvalue weighted by molar-refractivity contribution is 5.44. The highest BCUT2D eigenvalue weighted by Crippen LogP contribution is 2.23. The molecule has 96 valence electrons. The van der Waals surface area contributed by atoms with Gasteiger partial charge in [0.1, 0.15) is 12.4 Å². The number of anilines is 1. The number of hydrogen-bond donors (Lipinski definition) is 1. The fourth-order valence-electron chi connectivity index (χ4n) is 1.61. The monoisotopic (exact) mass is 253 g/mol. The van der Waals surface area contributed by atoms with Crippen molar-refractivity contribution in [1.82, 2.24) is 9.78 Å². The second kappa shape index (κ2) is 4.64. The quantitative estimate of drug-likeness (QED) is 0.853. The lowest BCUT2D eigenvalue weighted by Gasteiger charge is -2.08. The minimum Gasteiger partial charge on any atom is -0.484 e. The van der Waals surface area contributed by atoms with Gasteiger partial charge in [0.05, 0.1) is 17.1 Å². The summed E-state index contributed by atoms with van der Waals surface area (Å²) >= 11 is 0. The summed E-state index contributed by atoms with van der Waals surface area (Å²) in [6, 6.07) is 3.65. The normalized spacial score (nSPS) is 10.7. The van der Waals surface area contributed by atoms with Gasteiger partial charge in [0.2, 0.25) is 0 Å². The minimum absolute atomic E-state index is 0.109. The van der Waals surface area contributed by atoms with Gasteiger partial charge in [-0.05, 0) is 13.0 Å². The second-order valence-electron chi connectivity index (χ2n) is 3.99. The lowest BCUT2D eigenvalue weighted by Crippen LogP contribution is -2.04. The van der Waals surface area contributed by atoms with Crippen LogP contribution in [0.3, 0.4) is 0 Å². The Kier molecular flexibility index (Phi) is 3.18. The molecular weight excluding hydrogens is 240 g/mol. The molecule has 0 amide bonds. The topological polar surface area (TPSA) is 53.1 Å². The molecule has 1 aromatic heterocycles. The van der Waals surface area contributed by atoms with Crippen molar-refractivity contribution in [3.8, 4) is 5.75 Å². The van der Waals surface area contributed by atoms with E-state index in [1.54, 1.807) is 11.7 Å². The Labute approximate surface area is 103 Å². The zero-order chi connectivity index (χ0) is 13.3. The van der Waals surface area contributed by atoms with Crippen LogP contribution in [-0.2, 0) is 13.7 Å². The van der Waals surface area contributed by atoms with Gasteiger partial charge in [-0.2, -0.15) is 5.10 Å². The predicted molar refractivity (Wildman–Crippen MR) is 63.0 cm³/mol. The molecule has 2 N–H and O–H groups in total. The van der Waals surface area contributed by atoms with Crippen LogP contribution in [0, 0.1) is 18.6 Å². The highest BCUT2D eigenvalue weighted by atomic mass is 19.1. The lowest BCUT2D eigenvalue weighted by atomic mass is 10.3. The number of hydrogen-bond acceptors (Lipinski definition) is 3. The van der Waals surface area contributed by atoms with Gasteiger partial charge in [-0.25, -0.2) is 8.78 Å². The summed E-state index contributed by atoms with van der Waals surface area (Å²) < 4.78 is 33.5. The van der Waals surface area contributed by atoms with E-state index < -0.39 is 11.6 Å². The number of benzene rings is 1. The number of halogens is 2. The molecule has 4 nitrogen and oxygen atoms in total. The molecule has 0 fully saturated rings. The summed E-state index contributed by atoms with van der Waals surface area (Å²) in [4.78, 5) is 0. The van der Waals surface area contributed by atoms with E-state index in [9.17, 15) is 8.78 Å². The number of aromatic nitrogens is 2. The first-order valence-electron chi connectivity index (χ1n) is 5.34. The van der Waals surface area contributed by atoms with Crippen LogP contribution < -0.4 is 10.5 Å². The van der Waals surface area contributed by atoms with Gasteiger partial charge in [-0.15, -0.1) is 0 Å². The SMILES string of the molecule is Cc1cc(COc2cc(F)c(N)cc2F)n(C)n1. The molecule has 2 aromatic rings. The van der Waals surface area contributed by atoms with Gasteiger partial charge in [0.15, 0.2) is 11.6 Å². The molecule has 2 rings (SSSR count). The zero-order valence-corrected chi connectivity index (χ0v) is 10.1. The Balaban J connectivity index is 2.15. The van der Waals surface area contributed by atoms with Crippen molar-refractivity contribution in [2.45, 2.75) is 13.5 Å². The van der Waals surface area contributed by atoms with E-state index in [4.69, 9.17) is 10.5 Å². The summed E-state index contributed by atoms with van der Waals surface area (Å²) in [5.74, 6) is -1.55. The third kappa shape index (κ3) is 2.42. The van der Waals surface area contributed by atoms with Crippen LogP contribution in [0.15, 0.2) is 18.2 Å². The molecule has 0 spiro atoms.